The Balaban J connectivity index is 2.12. The number of ether oxygens (including phenoxy) is 2. The normalized spacial score (nSPS) is 20.0. The Hall–Kier alpha value is -1.07. The van der Waals surface area contributed by atoms with Crippen molar-refractivity contribution in [2.24, 2.45) is 0 Å². The van der Waals surface area contributed by atoms with Gasteiger partial charge in [-0.05, 0) is 38.5 Å². The second-order valence-electron chi connectivity index (χ2n) is 19.7. The summed E-state index contributed by atoms with van der Waals surface area (Å²) >= 11 is 0. The summed E-state index contributed by atoms with van der Waals surface area (Å²) in [5.41, 5.74) is 0. The first-order valence-electron chi connectivity index (χ1n) is 27.9. The molecule has 1 rings (SSSR count). The molecule has 0 saturated carbocycles. The third kappa shape index (κ3) is 35.1. The van der Waals surface area contributed by atoms with Crippen molar-refractivity contribution in [1.29, 1.82) is 0 Å². The van der Waals surface area contributed by atoms with Crippen LogP contribution in [-0.4, -0.2) is 87.5 Å². The number of hydrogen-bond acceptors (Lipinski definition) is 8. The van der Waals surface area contributed by atoms with Crippen LogP contribution in [0.3, 0.4) is 0 Å². The summed E-state index contributed by atoms with van der Waals surface area (Å²) in [6.07, 6.45) is 48.2. The zero-order valence-electron chi connectivity index (χ0n) is 42.1. The predicted octanol–water partition coefficient (Wildman–Crippen LogP) is 13.2. The standard InChI is InChI=1S/C55H107NO8/c1-3-5-7-9-11-13-15-17-18-19-20-21-22-23-24-25-26-27-28-29-30-31-32-33-35-37-39-41-43-45-51(59)56-48(47-63-55-54(62)53(61)52(60)50(46-57)64-55)49(58)44-42-40-38-36-34-16-14-12-10-8-6-4-2/h19-20,48-50,52-55,57-58,60-62H,3-18,21-47H2,1-2H3,(H,56,59)/b20-19-. The minimum atomic E-state index is -1.55. The molecule has 7 atom stereocenters. The molecule has 64 heavy (non-hydrogen) atoms. The van der Waals surface area contributed by atoms with Crippen LogP contribution in [0.5, 0.6) is 0 Å². The fourth-order valence-corrected chi connectivity index (χ4v) is 9.16. The van der Waals surface area contributed by atoms with Crippen molar-refractivity contribution < 1.29 is 39.8 Å². The molecule has 0 aliphatic carbocycles. The second kappa shape index (κ2) is 45.7. The number of carbonyl (C=O) groups excluding carboxylic acids is 1. The molecule has 1 amide bonds. The highest BCUT2D eigenvalue weighted by atomic mass is 16.7. The molecule has 0 spiro atoms. The fraction of sp³-hybridized carbons (Fsp3) is 0.945. The van der Waals surface area contributed by atoms with Gasteiger partial charge in [-0.15, -0.1) is 0 Å². The Morgan fingerprint density at radius 1 is 0.516 bits per heavy atom. The smallest absolute Gasteiger partial charge is 0.220 e. The lowest BCUT2D eigenvalue weighted by Gasteiger charge is -2.40. The molecule has 1 aliphatic rings. The van der Waals surface area contributed by atoms with E-state index in [1.54, 1.807) is 0 Å². The van der Waals surface area contributed by atoms with Gasteiger partial charge in [0.2, 0.25) is 5.91 Å². The van der Waals surface area contributed by atoms with E-state index in [-0.39, 0.29) is 12.5 Å². The molecule has 0 aromatic rings. The zero-order chi connectivity index (χ0) is 46.6. The van der Waals surface area contributed by atoms with Crippen molar-refractivity contribution >= 4 is 5.91 Å². The summed E-state index contributed by atoms with van der Waals surface area (Å²) < 4.78 is 11.3. The van der Waals surface area contributed by atoms with E-state index in [0.29, 0.717) is 12.8 Å². The Bertz CT molecular complexity index is 1010. The number of carbonyl (C=O) groups is 1. The van der Waals surface area contributed by atoms with Crippen LogP contribution in [0.1, 0.15) is 277 Å². The molecular weight excluding hydrogens is 803 g/mol. The van der Waals surface area contributed by atoms with Crippen molar-refractivity contribution in [2.45, 2.75) is 320 Å². The topological polar surface area (TPSA) is 149 Å². The van der Waals surface area contributed by atoms with Gasteiger partial charge in [0.05, 0.1) is 25.4 Å². The summed E-state index contributed by atoms with van der Waals surface area (Å²) in [5.74, 6) is -0.140. The highest BCUT2D eigenvalue weighted by molar-refractivity contribution is 5.76. The van der Waals surface area contributed by atoms with E-state index in [4.69, 9.17) is 9.47 Å². The minimum absolute atomic E-state index is 0.133. The summed E-state index contributed by atoms with van der Waals surface area (Å²) in [5, 5.41) is 54.5. The van der Waals surface area contributed by atoms with Gasteiger partial charge in [-0.3, -0.25) is 4.79 Å². The maximum absolute atomic E-state index is 13.0. The number of allylic oxidation sites excluding steroid dienone is 2. The number of unbranched alkanes of at least 4 members (excludes halogenated alkanes) is 36. The van der Waals surface area contributed by atoms with Crippen molar-refractivity contribution in [1.82, 2.24) is 5.32 Å². The molecule has 0 aromatic heterocycles. The first-order chi connectivity index (χ1) is 31.3. The van der Waals surface area contributed by atoms with Gasteiger partial charge >= 0.3 is 0 Å². The minimum Gasteiger partial charge on any atom is -0.394 e. The molecule has 0 radical (unpaired) electrons. The van der Waals surface area contributed by atoms with Crippen LogP contribution in [0.25, 0.3) is 0 Å². The number of rotatable bonds is 48. The van der Waals surface area contributed by atoms with Crippen LogP contribution in [0.15, 0.2) is 12.2 Å². The van der Waals surface area contributed by atoms with Crippen molar-refractivity contribution in [3.8, 4) is 0 Å². The molecule has 0 aromatic carbocycles. The fourth-order valence-electron chi connectivity index (χ4n) is 9.16. The molecule has 7 unspecified atom stereocenters. The van der Waals surface area contributed by atoms with Gasteiger partial charge in [0.25, 0.3) is 0 Å². The third-order valence-electron chi connectivity index (χ3n) is 13.6. The van der Waals surface area contributed by atoms with Gasteiger partial charge in [-0.1, -0.05) is 244 Å². The van der Waals surface area contributed by atoms with Crippen LogP contribution in [-0.2, 0) is 14.3 Å². The number of aliphatic hydroxyl groups is 5. The van der Waals surface area contributed by atoms with Crippen molar-refractivity contribution in [3.63, 3.8) is 0 Å². The lowest BCUT2D eigenvalue weighted by atomic mass is 9.99. The van der Waals surface area contributed by atoms with Gasteiger partial charge in [-0.2, -0.15) is 0 Å². The Kier molecular flexibility index (Phi) is 43.5. The van der Waals surface area contributed by atoms with E-state index < -0.39 is 49.5 Å². The number of nitrogens with one attached hydrogen (secondary N) is 1. The highest BCUT2D eigenvalue weighted by Gasteiger charge is 2.44. The van der Waals surface area contributed by atoms with Gasteiger partial charge in [0, 0.05) is 6.42 Å². The van der Waals surface area contributed by atoms with Crippen molar-refractivity contribution in [2.75, 3.05) is 13.2 Å². The van der Waals surface area contributed by atoms with Gasteiger partial charge in [0.1, 0.15) is 24.4 Å². The molecule has 9 nitrogen and oxygen atoms in total. The predicted molar refractivity (Wildman–Crippen MR) is 267 cm³/mol. The van der Waals surface area contributed by atoms with Crippen LogP contribution in [0, 0.1) is 0 Å². The maximum Gasteiger partial charge on any atom is 0.220 e. The maximum atomic E-state index is 13.0. The summed E-state index contributed by atoms with van der Waals surface area (Å²) in [7, 11) is 0. The lowest BCUT2D eigenvalue weighted by Crippen LogP contribution is -2.60. The molecule has 1 saturated heterocycles. The van der Waals surface area contributed by atoms with Gasteiger partial charge in [0.15, 0.2) is 6.29 Å². The molecule has 1 fully saturated rings. The van der Waals surface area contributed by atoms with E-state index in [1.807, 2.05) is 0 Å². The van der Waals surface area contributed by atoms with Crippen LogP contribution in [0.2, 0.25) is 0 Å². The molecule has 380 valence electrons. The number of aliphatic hydroxyl groups excluding tert-OH is 5. The molecule has 1 aliphatic heterocycles. The average Bonchev–Trinajstić information content (AvgIpc) is 3.29. The highest BCUT2D eigenvalue weighted by Crippen LogP contribution is 2.23. The van der Waals surface area contributed by atoms with Crippen LogP contribution >= 0.6 is 0 Å². The molecule has 0 bridgehead atoms. The molecule has 6 N–H and O–H groups in total. The first kappa shape index (κ1) is 60.9. The van der Waals surface area contributed by atoms with Crippen LogP contribution < -0.4 is 5.32 Å². The largest absolute Gasteiger partial charge is 0.394 e. The Labute approximate surface area is 395 Å². The quantitative estimate of drug-likeness (QED) is 0.0261. The third-order valence-corrected chi connectivity index (χ3v) is 13.6. The monoisotopic (exact) mass is 910 g/mol. The SMILES string of the molecule is CCCCCCCCCC/C=C\CCCCCCCCCCCCCCCCCCCC(=O)NC(COC1OC(CO)C(O)C(O)C1O)C(O)CCCCCCCCCCCCCC. The number of amides is 1. The van der Waals surface area contributed by atoms with Crippen LogP contribution in [0.4, 0.5) is 0 Å². The summed E-state index contributed by atoms with van der Waals surface area (Å²) in [6.45, 7) is 3.85. The Morgan fingerprint density at radius 2 is 0.875 bits per heavy atom. The summed E-state index contributed by atoms with van der Waals surface area (Å²) in [6, 6.07) is -0.714. The van der Waals surface area contributed by atoms with E-state index in [9.17, 15) is 30.3 Å². The van der Waals surface area contributed by atoms with E-state index in [2.05, 4.69) is 31.3 Å². The zero-order valence-corrected chi connectivity index (χ0v) is 42.1. The van der Waals surface area contributed by atoms with Gasteiger partial charge in [-0.25, -0.2) is 0 Å². The lowest BCUT2D eigenvalue weighted by molar-refractivity contribution is -0.302. The molecular formula is C55H107NO8. The van der Waals surface area contributed by atoms with E-state index >= 15 is 0 Å². The number of hydrogen-bond donors (Lipinski definition) is 6. The molecule has 1 heterocycles. The van der Waals surface area contributed by atoms with E-state index in [0.717, 1.165) is 38.5 Å². The summed E-state index contributed by atoms with van der Waals surface area (Å²) in [4.78, 5) is 13.0. The second-order valence-corrected chi connectivity index (χ2v) is 19.7. The first-order valence-corrected chi connectivity index (χ1v) is 27.9. The van der Waals surface area contributed by atoms with Gasteiger partial charge < -0.3 is 40.3 Å². The van der Waals surface area contributed by atoms with Crippen molar-refractivity contribution in [3.05, 3.63) is 12.2 Å². The molecule has 9 heteroatoms. The average molecular weight is 910 g/mol. The Morgan fingerprint density at radius 3 is 1.27 bits per heavy atom. The van der Waals surface area contributed by atoms with E-state index in [1.165, 1.54) is 212 Å².